The Morgan fingerprint density at radius 1 is 1.03 bits per heavy atom. The van der Waals surface area contributed by atoms with E-state index in [1.807, 2.05) is 26.1 Å². The van der Waals surface area contributed by atoms with Crippen molar-refractivity contribution in [2.45, 2.75) is 45.4 Å². The number of halogens is 1. The Morgan fingerprint density at radius 3 is 2.43 bits per heavy atom. The fourth-order valence-electron chi connectivity index (χ4n) is 6.09. The maximum atomic E-state index is 13.9. The van der Waals surface area contributed by atoms with Crippen LogP contribution in [0, 0.1) is 29.0 Å². The van der Waals surface area contributed by atoms with Gasteiger partial charge in [0.2, 0.25) is 5.91 Å². The zero-order valence-corrected chi connectivity index (χ0v) is 19.8. The first-order valence-corrected chi connectivity index (χ1v) is 12.0. The first-order chi connectivity index (χ1) is 16.8. The monoisotopic (exact) mass is 476 g/mol. The molecule has 3 aromatic rings. The second kappa shape index (κ2) is 9.00. The molecule has 0 spiro atoms. The molecule has 0 aliphatic heterocycles. The van der Waals surface area contributed by atoms with Crippen molar-refractivity contribution >= 4 is 28.4 Å². The van der Waals surface area contributed by atoms with Gasteiger partial charge in [-0.2, -0.15) is 0 Å². The molecule has 5 rings (SSSR count). The van der Waals surface area contributed by atoms with Gasteiger partial charge in [0.1, 0.15) is 11.5 Å². The highest BCUT2D eigenvalue weighted by Gasteiger charge is 2.49. The Bertz CT molecular complexity index is 1260. The second-order valence-corrected chi connectivity index (χ2v) is 10.5. The molecule has 8 heteroatoms. The lowest BCUT2D eigenvalue weighted by atomic mass is 9.75. The van der Waals surface area contributed by atoms with Crippen molar-refractivity contribution in [1.82, 2.24) is 15.4 Å². The molecular weight excluding hydrogens is 447 g/mol. The van der Waals surface area contributed by atoms with Crippen molar-refractivity contribution in [2.24, 2.45) is 23.2 Å². The van der Waals surface area contributed by atoms with Gasteiger partial charge < -0.3 is 5.32 Å². The lowest BCUT2D eigenvalue weighted by Crippen LogP contribution is -2.37. The quantitative estimate of drug-likeness (QED) is 0.352. The molecule has 2 amide bonds. The van der Waals surface area contributed by atoms with Crippen LogP contribution in [-0.4, -0.2) is 27.0 Å². The van der Waals surface area contributed by atoms with Crippen LogP contribution in [-0.2, 0) is 4.79 Å². The number of pyridine rings is 2. The number of hydrogen-bond donors (Lipinski definition) is 3. The smallest absolute Gasteiger partial charge is 0.293 e. The van der Waals surface area contributed by atoms with Crippen LogP contribution in [0.4, 0.5) is 10.1 Å². The van der Waals surface area contributed by atoms with Crippen LogP contribution < -0.4 is 10.8 Å². The van der Waals surface area contributed by atoms with Crippen LogP contribution in [0.2, 0.25) is 0 Å². The standard InChI is InChI=1S/C27H29FN4O3/c1-27(2,26(34)31-20-4-6-24(30-14-20)25(33)32-35)18-11-15-9-17(10-16(15)12-18)21-7-8-29-23-5-3-19(28)13-22(21)23/h3-8,13-18,35H,9-12H2,1-2H3,(H,31,34)(H,32,33)/t15-,16+,17?,18?. The van der Waals surface area contributed by atoms with Crippen LogP contribution in [0.1, 0.15) is 61.5 Å². The number of rotatable bonds is 5. The summed E-state index contributed by atoms with van der Waals surface area (Å²) >= 11 is 0. The van der Waals surface area contributed by atoms with Crippen LogP contribution in [0.3, 0.4) is 0 Å². The molecule has 2 heterocycles. The Hall–Kier alpha value is -3.39. The highest BCUT2D eigenvalue weighted by Crippen LogP contribution is 2.56. The first kappa shape index (κ1) is 23.4. The van der Waals surface area contributed by atoms with E-state index in [9.17, 15) is 14.0 Å². The molecule has 2 unspecified atom stereocenters. The maximum Gasteiger partial charge on any atom is 0.293 e. The summed E-state index contributed by atoms with van der Waals surface area (Å²) in [4.78, 5) is 33.0. The molecule has 182 valence electrons. The molecule has 2 saturated carbocycles. The van der Waals surface area contributed by atoms with Crippen LogP contribution >= 0.6 is 0 Å². The normalized spacial score (nSPS) is 23.8. The number of nitrogens with zero attached hydrogens (tertiary/aromatic N) is 2. The van der Waals surface area contributed by atoms with E-state index >= 15 is 0 Å². The van der Waals surface area contributed by atoms with Gasteiger partial charge in [-0.15, -0.1) is 0 Å². The molecule has 7 nitrogen and oxygen atoms in total. The molecule has 3 N–H and O–H groups in total. The Balaban J connectivity index is 1.24. The number of anilines is 1. The van der Waals surface area contributed by atoms with E-state index in [0.29, 0.717) is 23.4 Å². The van der Waals surface area contributed by atoms with Crippen molar-refractivity contribution < 1.29 is 19.2 Å². The summed E-state index contributed by atoms with van der Waals surface area (Å²) in [7, 11) is 0. The number of fused-ring (bicyclic) bond motifs is 2. The third-order valence-corrected chi connectivity index (χ3v) is 8.15. The number of hydrogen-bond acceptors (Lipinski definition) is 5. The van der Waals surface area contributed by atoms with E-state index in [1.54, 1.807) is 18.2 Å². The summed E-state index contributed by atoms with van der Waals surface area (Å²) in [6.07, 6.45) is 7.31. The van der Waals surface area contributed by atoms with Gasteiger partial charge in [0, 0.05) is 17.0 Å². The number of hydroxylamine groups is 1. The van der Waals surface area contributed by atoms with Crippen LogP contribution in [0.5, 0.6) is 0 Å². The van der Waals surface area contributed by atoms with E-state index in [0.717, 1.165) is 36.6 Å². The summed E-state index contributed by atoms with van der Waals surface area (Å²) in [6.45, 7) is 3.98. The molecule has 0 radical (unpaired) electrons. The van der Waals surface area contributed by atoms with Gasteiger partial charge in [-0.1, -0.05) is 13.8 Å². The Morgan fingerprint density at radius 2 is 1.77 bits per heavy atom. The molecule has 2 fully saturated rings. The van der Waals surface area contributed by atoms with E-state index in [2.05, 4.69) is 15.3 Å². The zero-order valence-electron chi connectivity index (χ0n) is 19.8. The van der Waals surface area contributed by atoms with Crippen molar-refractivity contribution in [3.05, 3.63) is 65.9 Å². The van der Waals surface area contributed by atoms with E-state index in [1.165, 1.54) is 29.4 Å². The van der Waals surface area contributed by atoms with Gasteiger partial charge in [-0.25, -0.2) is 14.9 Å². The van der Waals surface area contributed by atoms with Gasteiger partial charge >= 0.3 is 0 Å². The molecule has 4 atom stereocenters. The lowest BCUT2D eigenvalue weighted by Gasteiger charge is -2.31. The van der Waals surface area contributed by atoms with Crippen LogP contribution in [0.25, 0.3) is 10.9 Å². The number of amides is 2. The fraction of sp³-hybridized carbons (Fsp3) is 0.407. The minimum Gasteiger partial charge on any atom is -0.324 e. The molecule has 2 aromatic heterocycles. The summed E-state index contributed by atoms with van der Waals surface area (Å²) in [6, 6.07) is 9.87. The fourth-order valence-corrected chi connectivity index (χ4v) is 6.09. The maximum absolute atomic E-state index is 13.9. The Labute approximate surface area is 203 Å². The first-order valence-electron chi connectivity index (χ1n) is 12.0. The van der Waals surface area contributed by atoms with Gasteiger partial charge in [-0.3, -0.25) is 19.8 Å². The average molecular weight is 477 g/mol. The van der Waals surface area contributed by atoms with Gasteiger partial charge in [-0.05, 0) is 91.3 Å². The van der Waals surface area contributed by atoms with Crippen molar-refractivity contribution in [2.75, 3.05) is 5.32 Å². The van der Waals surface area contributed by atoms with Crippen molar-refractivity contribution in [3.63, 3.8) is 0 Å². The van der Waals surface area contributed by atoms with Crippen molar-refractivity contribution in [3.8, 4) is 0 Å². The highest BCUT2D eigenvalue weighted by molar-refractivity contribution is 5.96. The molecule has 0 bridgehead atoms. The van der Waals surface area contributed by atoms with Gasteiger partial charge in [0.15, 0.2) is 0 Å². The average Bonchev–Trinajstić information content (AvgIpc) is 3.43. The third-order valence-electron chi connectivity index (χ3n) is 8.15. The SMILES string of the molecule is CC(C)(C(=O)Nc1ccc(C(=O)NO)nc1)C1C[C@H]2CC(c3ccnc4ccc(F)cc34)C[C@H]2C1. The summed E-state index contributed by atoms with van der Waals surface area (Å²) in [5.41, 5.74) is 3.56. The number of benzene rings is 1. The highest BCUT2D eigenvalue weighted by atomic mass is 19.1. The largest absolute Gasteiger partial charge is 0.324 e. The second-order valence-electron chi connectivity index (χ2n) is 10.5. The van der Waals surface area contributed by atoms with E-state index in [-0.39, 0.29) is 23.3 Å². The molecule has 1 aromatic carbocycles. The molecule has 2 aliphatic rings. The molecular formula is C27H29FN4O3. The molecule has 2 aliphatic carbocycles. The predicted molar refractivity (Wildman–Crippen MR) is 129 cm³/mol. The van der Waals surface area contributed by atoms with Crippen molar-refractivity contribution in [1.29, 1.82) is 0 Å². The third kappa shape index (κ3) is 4.38. The number of aromatic nitrogens is 2. The summed E-state index contributed by atoms with van der Waals surface area (Å²) in [5, 5.41) is 12.5. The summed E-state index contributed by atoms with van der Waals surface area (Å²) in [5.74, 6) is 0.728. The molecule has 0 saturated heterocycles. The number of nitrogens with one attached hydrogen (secondary N) is 2. The molecule has 35 heavy (non-hydrogen) atoms. The zero-order chi connectivity index (χ0) is 24.7. The van der Waals surface area contributed by atoms with Crippen LogP contribution in [0.15, 0.2) is 48.8 Å². The van der Waals surface area contributed by atoms with Gasteiger partial charge in [0.05, 0.1) is 17.4 Å². The van der Waals surface area contributed by atoms with E-state index in [4.69, 9.17) is 5.21 Å². The summed E-state index contributed by atoms with van der Waals surface area (Å²) < 4.78 is 13.9. The topological polar surface area (TPSA) is 104 Å². The minimum atomic E-state index is -0.705. The Kier molecular flexibility index (Phi) is 6.01. The lowest BCUT2D eigenvalue weighted by molar-refractivity contribution is -0.126. The minimum absolute atomic E-state index is 0.0626. The van der Waals surface area contributed by atoms with Gasteiger partial charge in [0.25, 0.3) is 5.91 Å². The van der Waals surface area contributed by atoms with E-state index < -0.39 is 11.3 Å². The predicted octanol–water partition coefficient (Wildman–Crippen LogP) is 5.07. The number of carbonyl (C=O) groups is 2. The number of carbonyl (C=O) groups excluding carboxylic acids is 2.